The number of aliphatic imine (C=N–C) groups is 1. The Labute approximate surface area is 194 Å². The van der Waals surface area contributed by atoms with E-state index in [1.165, 1.54) is 12.1 Å². The number of hydrogen-bond acceptors (Lipinski definition) is 4. The van der Waals surface area contributed by atoms with Gasteiger partial charge in [-0.1, -0.05) is 19.6 Å². The van der Waals surface area contributed by atoms with Gasteiger partial charge in [-0.15, -0.1) is 0 Å². The first-order valence-electron chi connectivity index (χ1n) is 11.4. The Morgan fingerprint density at radius 3 is 2.70 bits per heavy atom. The lowest BCUT2D eigenvalue weighted by Gasteiger charge is -2.57. The van der Waals surface area contributed by atoms with Gasteiger partial charge in [0.25, 0.3) is 5.91 Å². The van der Waals surface area contributed by atoms with E-state index in [4.69, 9.17) is 4.74 Å². The number of hydrogen-bond donors (Lipinski definition) is 0. The Morgan fingerprint density at radius 1 is 1.27 bits per heavy atom. The summed E-state index contributed by atoms with van der Waals surface area (Å²) in [5, 5.41) is 0. The van der Waals surface area contributed by atoms with Crippen molar-refractivity contribution < 1.29 is 13.9 Å². The van der Waals surface area contributed by atoms with E-state index in [9.17, 15) is 9.18 Å². The number of allylic oxidation sites excluding steroid dienone is 2. The largest absolute Gasteiger partial charge is 0.491 e. The molecule has 1 saturated carbocycles. The van der Waals surface area contributed by atoms with Crippen LogP contribution >= 0.6 is 0 Å². The van der Waals surface area contributed by atoms with E-state index in [1.54, 1.807) is 18.3 Å². The molecule has 2 aromatic rings. The number of amides is 1. The van der Waals surface area contributed by atoms with Crippen molar-refractivity contribution in [2.45, 2.75) is 45.7 Å². The van der Waals surface area contributed by atoms with Crippen molar-refractivity contribution in [1.82, 2.24) is 9.88 Å². The maximum absolute atomic E-state index is 13.9. The highest BCUT2D eigenvalue weighted by Crippen LogP contribution is 2.47. The molecule has 6 heteroatoms. The van der Waals surface area contributed by atoms with Crippen LogP contribution in [-0.2, 0) is 0 Å². The Morgan fingerprint density at radius 2 is 2.00 bits per heavy atom. The Bertz CT molecular complexity index is 1090. The van der Waals surface area contributed by atoms with Gasteiger partial charge in [0.05, 0.1) is 11.7 Å². The highest BCUT2D eigenvalue weighted by molar-refractivity contribution is 5.98. The van der Waals surface area contributed by atoms with Gasteiger partial charge in [0.1, 0.15) is 23.9 Å². The molecule has 1 aliphatic carbocycles. The molecule has 3 aliphatic rings. The van der Waals surface area contributed by atoms with Crippen LogP contribution in [0.2, 0.25) is 0 Å². The van der Waals surface area contributed by atoms with Gasteiger partial charge in [-0.05, 0) is 81.0 Å². The highest BCUT2D eigenvalue weighted by atomic mass is 19.1. The molecule has 2 atom stereocenters. The third-order valence-corrected chi connectivity index (χ3v) is 6.78. The van der Waals surface area contributed by atoms with Crippen molar-refractivity contribution in [1.29, 1.82) is 0 Å². The fourth-order valence-corrected chi connectivity index (χ4v) is 4.75. The van der Waals surface area contributed by atoms with Crippen LogP contribution in [-0.4, -0.2) is 40.7 Å². The summed E-state index contributed by atoms with van der Waals surface area (Å²) in [6.07, 6.45) is 7.36. The van der Waals surface area contributed by atoms with Gasteiger partial charge >= 0.3 is 0 Å². The van der Waals surface area contributed by atoms with Gasteiger partial charge in [0, 0.05) is 23.5 Å². The summed E-state index contributed by atoms with van der Waals surface area (Å²) in [7, 11) is 0. The average Bonchev–Trinajstić information content (AvgIpc) is 2.77. The SMILES string of the molecule is C=C(N=C/C=C\C)c1ccc(C)nc1C(=O)N1C2CC(C2)[C@@H](C)C1COc1ccc(F)cc1. The molecule has 0 radical (unpaired) electrons. The number of ether oxygens (including phenoxy) is 1. The zero-order chi connectivity index (χ0) is 23.5. The quantitative estimate of drug-likeness (QED) is 0.529. The van der Waals surface area contributed by atoms with Crippen LogP contribution < -0.4 is 4.74 Å². The first-order valence-corrected chi connectivity index (χ1v) is 11.4. The van der Waals surface area contributed by atoms with E-state index < -0.39 is 0 Å². The van der Waals surface area contributed by atoms with Crippen LogP contribution in [0.25, 0.3) is 5.70 Å². The van der Waals surface area contributed by atoms with Crippen molar-refractivity contribution in [2.24, 2.45) is 16.8 Å². The zero-order valence-corrected chi connectivity index (χ0v) is 19.4. The summed E-state index contributed by atoms with van der Waals surface area (Å²) in [5.74, 6) is 1.06. The molecule has 0 spiro atoms. The molecule has 33 heavy (non-hydrogen) atoms. The molecule has 2 saturated heterocycles. The Balaban J connectivity index is 1.61. The van der Waals surface area contributed by atoms with Gasteiger partial charge < -0.3 is 9.64 Å². The molecule has 2 bridgehead atoms. The molecule has 3 heterocycles. The first kappa shape index (κ1) is 22.9. The summed E-state index contributed by atoms with van der Waals surface area (Å²) in [6.45, 7) is 10.4. The minimum atomic E-state index is -0.304. The van der Waals surface area contributed by atoms with Crippen molar-refractivity contribution in [3.8, 4) is 5.75 Å². The number of aryl methyl sites for hydroxylation is 1. The molecular formula is C27H30FN3O2. The predicted octanol–water partition coefficient (Wildman–Crippen LogP) is 5.46. The molecule has 1 unspecified atom stereocenters. The number of carbonyl (C=O) groups excluding carboxylic acids is 1. The van der Waals surface area contributed by atoms with Crippen LogP contribution in [0.4, 0.5) is 4.39 Å². The molecule has 2 aliphatic heterocycles. The summed E-state index contributed by atoms with van der Waals surface area (Å²) in [5.41, 5.74) is 2.28. The molecule has 3 fully saturated rings. The van der Waals surface area contributed by atoms with E-state index in [2.05, 4.69) is 23.5 Å². The van der Waals surface area contributed by atoms with Crippen LogP contribution in [0, 0.1) is 24.6 Å². The summed E-state index contributed by atoms with van der Waals surface area (Å²) in [4.78, 5) is 24.9. The number of aromatic nitrogens is 1. The number of benzene rings is 1. The van der Waals surface area contributed by atoms with Crippen LogP contribution in [0.5, 0.6) is 5.75 Å². The Hall–Kier alpha value is -3.28. The zero-order valence-electron chi connectivity index (χ0n) is 19.4. The number of pyridine rings is 1. The van der Waals surface area contributed by atoms with Gasteiger partial charge in [0.15, 0.2) is 0 Å². The summed E-state index contributed by atoms with van der Waals surface area (Å²) < 4.78 is 19.2. The fraction of sp³-hybridized carbons (Fsp3) is 0.370. The molecule has 172 valence electrons. The first-order chi connectivity index (χ1) is 15.9. The molecule has 1 aromatic carbocycles. The molecule has 5 rings (SSSR count). The van der Waals surface area contributed by atoms with Gasteiger partial charge in [-0.2, -0.15) is 0 Å². The third-order valence-electron chi connectivity index (χ3n) is 6.78. The topological polar surface area (TPSA) is 54.8 Å². The van der Waals surface area contributed by atoms with Crippen LogP contribution in [0.3, 0.4) is 0 Å². The molecule has 0 N–H and O–H groups in total. The van der Waals surface area contributed by atoms with Crippen LogP contribution in [0.15, 0.2) is 60.1 Å². The second kappa shape index (κ2) is 9.69. The van der Waals surface area contributed by atoms with Gasteiger partial charge in [0.2, 0.25) is 0 Å². The number of halogens is 1. The maximum atomic E-state index is 13.9. The van der Waals surface area contributed by atoms with E-state index in [1.807, 2.05) is 43.0 Å². The lowest BCUT2D eigenvalue weighted by molar-refractivity contribution is -0.0673. The number of carbonyl (C=O) groups is 1. The number of rotatable bonds is 7. The fourth-order valence-electron chi connectivity index (χ4n) is 4.75. The summed E-state index contributed by atoms with van der Waals surface area (Å²) >= 11 is 0. The van der Waals surface area contributed by atoms with Gasteiger partial charge in [-0.25, -0.2) is 9.37 Å². The van der Waals surface area contributed by atoms with Crippen molar-refractivity contribution >= 4 is 17.8 Å². The lowest BCUT2D eigenvalue weighted by atomic mass is 9.64. The number of nitrogens with zero attached hydrogens (tertiary/aromatic N) is 3. The molecule has 1 amide bonds. The monoisotopic (exact) mass is 447 g/mol. The normalized spacial score (nSPS) is 24.2. The standard InChI is InChI=1S/C27H30FN3O2/c1-5-6-13-29-19(4)24-12-7-17(2)30-26(24)27(32)31-22-14-20(15-22)18(3)25(31)16-33-23-10-8-21(28)9-11-23/h5-13,18,20,22,25H,4,14-16H2,1-3H3/b6-5-,29-13?/t18-,20?,22?,25?/m1/s1. The smallest absolute Gasteiger partial charge is 0.273 e. The third kappa shape index (κ3) is 4.75. The summed E-state index contributed by atoms with van der Waals surface area (Å²) in [6, 6.07) is 9.81. The second-order valence-corrected chi connectivity index (χ2v) is 8.89. The lowest BCUT2D eigenvalue weighted by Crippen LogP contribution is -2.64. The predicted molar refractivity (Wildman–Crippen MR) is 129 cm³/mol. The molecule has 1 aromatic heterocycles. The highest BCUT2D eigenvalue weighted by Gasteiger charge is 2.51. The molecule has 5 nitrogen and oxygen atoms in total. The van der Waals surface area contributed by atoms with E-state index in [0.29, 0.717) is 41.1 Å². The van der Waals surface area contributed by atoms with E-state index in [-0.39, 0.29) is 23.8 Å². The van der Waals surface area contributed by atoms with Crippen LogP contribution in [0.1, 0.15) is 48.4 Å². The van der Waals surface area contributed by atoms with Crippen molar-refractivity contribution in [2.75, 3.05) is 6.61 Å². The van der Waals surface area contributed by atoms with Crippen molar-refractivity contribution in [3.63, 3.8) is 0 Å². The van der Waals surface area contributed by atoms with Crippen molar-refractivity contribution in [3.05, 3.63) is 77.9 Å². The number of piperidine rings is 2. The van der Waals surface area contributed by atoms with E-state index in [0.717, 1.165) is 18.5 Å². The van der Waals surface area contributed by atoms with E-state index >= 15 is 0 Å². The average molecular weight is 448 g/mol. The Kier molecular flexibility index (Phi) is 6.72. The minimum absolute atomic E-state index is 0.0880. The molecular weight excluding hydrogens is 417 g/mol. The minimum Gasteiger partial charge on any atom is -0.491 e. The maximum Gasteiger partial charge on any atom is 0.273 e. The van der Waals surface area contributed by atoms with Gasteiger partial charge in [-0.3, -0.25) is 9.79 Å². The second-order valence-electron chi connectivity index (χ2n) is 8.89. The number of fused-ring (bicyclic) bond motifs is 2.